The Labute approximate surface area is 499 Å². The Morgan fingerprint density at radius 2 is 0.740 bits per heavy atom. The maximum atomic E-state index is 2.26. The van der Waals surface area contributed by atoms with E-state index in [4.69, 9.17) is 0 Å². The van der Waals surface area contributed by atoms with Gasteiger partial charge in [-0.3, -0.25) is 0 Å². The van der Waals surface area contributed by atoms with Gasteiger partial charge < -0.3 is 0 Å². The molecule has 0 amide bonds. The first-order chi connectivity index (χ1) is 36.4. The van der Waals surface area contributed by atoms with Gasteiger partial charge in [-0.2, -0.15) is 32.0 Å². The lowest BCUT2D eigenvalue weighted by Gasteiger charge is -2.06. The van der Waals surface area contributed by atoms with E-state index in [1.807, 2.05) is 23.5 Å². The van der Waals surface area contributed by atoms with Gasteiger partial charge in [-0.15, -0.1) is 0 Å². The predicted molar refractivity (Wildman–Crippen MR) is 342 cm³/mol. The third-order valence-electron chi connectivity index (χ3n) is 12.5. The van der Waals surface area contributed by atoms with E-state index < -0.39 is 0 Å². The molecule has 0 fully saturated rings. The topological polar surface area (TPSA) is 27.2 Å². The average Bonchev–Trinajstić information content (AvgIpc) is 3.40. The molecule has 0 saturated heterocycles. The first-order valence-corrected chi connectivity index (χ1v) is 34.6. The maximum Gasteiger partial charge on any atom is 0.243 e. The number of pyridine rings is 7. The average molecular weight is 1180 g/mol. The summed E-state index contributed by atoms with van der Waals surface area (Å²) >= 11 is 12.5. The minimum atomic E-state index is 0.599. The van der Waals surface area contributed by atoms with E-state index in [9.17, 15) is 0 Å². The lowest BCUT2D eigenvalue weighted by molar-refractivity contribution is -0.717. The Hall–Kier alpha value is -3.50. The summed E-state index contributed by atoms with van der Waals surface area (Å²) in [5.41, 5.74) is 10.9. The van der Waals surface area contributed by atoms with E-state index >= 15 is 0 Å². The highest BCUT2D eigenvalue weighted by molar-refractivity contribution is 7.99. The first kappa shape index (κ1) is 71.5. The standard InChI is InChI=1S/3C10H16NS.C9H14NS.3C8H12NS/c2*1-8(2)9-6-5-7-11(3)10(9)12-4;1-8(2)9-6-5-7-10(12-4)11(9)3;1-7-5-6-8(2)10(3)9(7)11-4;1-7-4-5-9(2)8(6-7)10-3;1-7-5-4-6-9(2)8(7)10-3;1-7-5-4-6-8(10-3)9(7)2/h3*5-8H,1-4H3;5-6H,1-4H3;3*4-6H,1-3H3/q7*+1. The third-order valence-corrected chi connectivity index (χ3v) is 18.8. The van der Waals surface area contributed by atoms with E-state index in [1.54, 1.807) is 58.8 Å². The fourth-order valence-electron chi connectivity index (χ4n) is 7.92. The molecular weight excluding hydrogens is 1080 g/mol. The molecular formula is C63H98N7S7+7. The van der Waals surface area contributed by atoms with E-state index in [1.165, 1.54) is 80.1 Å². The van der Waals surface area contributed by atoms with Gasteiger partial charge in [0.1, 0.15) is 49.3 Å². The van der Waals surface area contributed by atoms with Gasteiger partial charge in [-0.1, -0.05) is 124 Å². The monoisotopic (exact) mass is 1180 g/mol. The van der Waals surface area contributed by atoms with Crippen LogP contribution in [0.25, 0.3) is 0 Å². The van der Waals surface area contributed by atoms with Crippen LogP contribution in [0.2, 0.25) is 0 Å². The number of hydrogen-bond donors (Lipinski definition) is 0. The van der Waals surface area contributed by atoms with Crippen LogP contribution >= 0.6 is 82.3 Å². The molecule has 0 aliphatic rings. The van der Waals surface area contributed by atoms with Gasteiger partial charge >= 0.3 is 0 Å². The number of thioether (sulfide) groups is 7. The van der Waals surface area contributed by atoms with Crippen LogP contribution in [0.4, 0.5) is 0 Å². The number of nitrogens with zero attached hydrogens (tertiary/aromatic N) is 7. The van der Waals surface area contributed by atoms with Crippen LogP contribution in [-0.4, -0.2) is 43.8 Å². The van der Waals surface area contributed by atoms with Crippen molar-refractivity contribution in [3.05, 3.63) is 167 Å². The Kier molecular flexibility index (Phi) is 35.5. The van der Waals surface area contributed by atoms with Crippen LogP contribution in [0.1, 0.15) is 104 Å². The largest absolute Gasteiger partial charge is 0.243 e. The Balaban J connectivity index is 0.000000450. The molecule has 420 valence electrons. The summed E-state index contributed by atoms with van der Waals surface area (Å²) in [6.45, 7) is 24.0. The van der Waals surface area contributed by atoms with Crippen molar-refractivity contribution in [3.8, 4) is 0 Å². The summed E-state index contributed by atoms with van der Waals surface area (Å²) in [5.74, 6) is 1.82. The molecule has 0 aliphatic carbocycles. The summed E-state index contributed by atoms with van der Waals surface area (Å²) in [6.07, 6.45) is 23.1. The molecule has 0 aliphatic heterocycles. The molecule has 7 nitrogen and oxygen atoms in total. The quantitative estimate of drug-likeness (QED) is 0.0995. The molecule has 0 radical (unpaired) electrons. The summed E-state index contributed by atoms with van der Waals surface area (Å²) in [7, 11) is 14.6. The first-order valence-electron chi connectivity index (χ1n) is 26.0. The molecule has 0 spiro atoms. The smallest absolute Gasteiger partial charge is 0.196 e. The molecule has 77 heavy (non-hydrogen) atoms. The summed E-state index contributed by atoms with van der Waals surface area (Å²) in [6, 6.07) is 34.2. The highest BCUT2D eigenvalue weighted by atomic mass is 32.2. The molecule has 0 N–H and O–H groups in total. The van der Waals surface area contributed by atoms with Gasteiger partial charge in [0.25, 0.3) is 0 Å². The number of aryl methyl sites for hydroxylation is 9. The molecule has 0 aromatic carbocycles. The van der Waals surface area contributed by atoms with Crippen molar-refractivity contribution in [3.63, 3.8) is 0 Å². The van der Waals surface area contributed by atoms with E-state index in [2.05, 4.69) is 323 Å². The van der Waals surface area contributed by atoms with Gasteiger partial charge in [-0.25, -0.2) is 0 Å². The van der Waals surface area contributed by atoms with Crippen molar-refractivity contribution in [1.82, 2.24) is 0 Å². The van der Waals surface area contributed by atoms with Crippen LogP contribution in [0.3, 0.4) is 0 Å². The van der Waals surface area contributed by atoms with E-state index in [0.29, 0.717) is 17.8 Å². The Morgan fingerprint density at radius 1 is 0.325 bits per heavy atom. The van der Waals surface area contributed by atoms with Crippen molar-refractivity contribution in [2.75, 3.05) is 43.8 Å². The maximum absolute atomic E-state index is 2.26. The highest BCUT2D eigenvalue weighted by Crippen LogP contribution is 2.24. The predicted octanol–water partition coefficient (Wildman–Crippen LogP) is 13.5. The number of rotatable bonds is 10. The van der Waals surface area contributed by atoms with E-state index in [0.717, 1.165) is 0 Å². The molecule has 7 heterocycles. The molecule has 0 unspecified atom stereocenters. The summed E-state index contributed by atoms with van der Waals surface area (Å²) in [4.78, 5) is 0. The summed E-state index contributed by atoms with van der Waals surface area (Å²) in [5, 5.41) is 9.36. The molecule has 7 aromatic heterocycles. The minimum absolute atomic E-state index is 0.599. The van der Waals surface area contributed by atoms with Gasteiger partial charge in [-0.05, 0) is 118 Å². The van der Waals surface area contributed by atoms with Crippen molar-refractivity contribution in [2.24, 2.45) is 49.3 Å². The van der Waals surface area contributed by atoms with Crippen LogP contribution in [0.5, 0.6) is 0 Å². The molecule has 0 atom stereocenters. The van der Waals surface area contributed by atoms with Gasteiger partial charge in [0, 0.05) is 103 Å². The van der Waals surface area contributed by atoms with Crippen molar-refractivity contribution in [1.29, 1.82) is 0 Å². The molecule has 0 saturated carbocycles. The normalized spacial score (nSPS) is 10.3. The molecule has 7 rings (SSSR count). The zero-order chi connectivity index (χ0) is 58.5. The van der Waals surface area contributed by atoms with Gasteiger partial charge in [0.05, 0.1) is 0 Å². The lowest BCUT2D eigenvalue weighted by Crippen LogP contribution is -2.36. The van der Waals surface area contributed by atoms with E-state index in [-0.39, 0.29) is 0 Å². The highest BCUT2D eigenvalue weighted by Gasteiger charge is 2.17. The van der Waals surface area contributed by atoms with Crippen molar-refractivity contribution >= 4 is 82.3 Å². The van der Waals surface area contributed by atoms with Gasteiger partial charge in [0.15, 0.2) is 41.9 Å². The Bertz CT molecular complexity index is 2770. The fraction of sp³-hybridized carbons (Fsp3) is 0.444. The van der Waals surface area contributed by atoms with Crippen molar-refractivity contribution < 1.29 is 32.0 Å². The van der Waals surface area contributed by atoms with Crippen LogP contribution < -0.4 is 32.0 Å². The summed E-state index contributed by atoms with van der Waals surface area (Å²) < 4.78 is 15.3. The second kappa shape index (κ2) is 38.2. The van der Waals surface area contributed by atoms with Gasteiger partial charge in [0.2, 0.25) is 35.2 Å². The minimum Gasteiger partial charge on any atom is -0.196 e. The molecule has 0 bridgehead atoms. The second-order valence-corrected chi connectivity index (χ2v) is 25.0. The van der Waals surface area contributed by atoms with Crippen molar-refractivity contribution in [2.45, 2.75) is 129 Å². The molecule has 14 heteroatoms. The zero-order valence-corrected chi connectivity index (χ0v) is 57.5. The van der Waals surface area contributed by atoms with Crippen LogP contribution in [-0.2, 0) is 49.3 Å². The Morgan fingerprint density at radius 3 is 1.10 bits per heavy atom. The second-order valence-electron chi connectivity index (χ2n) is 19.3. The third kappa shape index (κ3) is 24.0. The number of aromatic nitrogens is 7. The SMILES string of the molecule is CSc1c(C(C)C)ccc[n+]1C.CSc1c(C(C)C)ccc[n+]1C.CSc1c(C)ccc(C)[n+]1C.CSc1c(C)ccc[n+]1C.CSc1cc(C)cc[n+]1C.CSc1cccc(C(C)C)[n+]1C.CSc1cccc(C)[n+]1C. The van der Waals surface area contributed by atoms with Crippen LogP contribution in [0, 0.1) is 34.6 Å². The zero-order valence-electron chi connectivity index (χ0n) is 51.8. The molecule has 7 aromatic rings. The number of hydrogen-bond acceptors (Lipinski definition) is 7. The fourth-order valence-corrected chi connectivity index (χ4v) is 13.1. The lowest BCUT2D eigenvalue weighted by atomic mass is 10.1. The van der Waals surface area contributed by atoms with Crippen LogP contribution in [0.15, 0.2) is 157 Å².